The topological polar surface area (TPSA) is 80.0 Å². The van der Waals surface area contributed by atoms with Crippen LogP contribution in [0.15, 0.2) is 42.5 Å². The number of benzene rings is 2. The minimum absolute atomic E-state index is 0.0237. The number of nitrogens with one attached hydrogen (secondary N) is 2. The maximum atomic E-state index is 12.7. The SMILES string of the molecule is CC#Cc1nc(NCC(N)Cc2ccc(C(F)(F)F)cc2)sc1-c1ccc2c(c1)CC(=O)N2. The van der Waals surface area contributed by atoms with Crippen LogP contribution in [0.2, 0.25) is 0 Å². The zero-order valence-electron chi connectivity index (χ0n) is 17.7. The molecule has 0 spiro atoms. The summed E-state index contributed by atoms with van der Waals surface area (Å²) in [5, 5.41) is 6.69. The van der Waals surface area contributed by atoms with Crippen LogP contribution in [0.1, 0.15) is 29.3 Å². The third kappa shape index (κ3) is 5.35. The summed E-state index contributed by atoms with van der Waals surface area (Å²) in [5.74, 6) is 5.87. The lowest BCUT2D eigenvalue weighted by molar-refractivity contribution is -0.137. The molecule has 9 heteroatoms. The van der Waals surface area contributed by atoms with Crippen molar-refractivity contribution in [1.82, 2.24) is 4.98 Å². The number of nitrogens with zero attached hydrogens (tertiary/aromatic N) is 1. The number of fused-ring (bicyclic) bond motifs is 1. The van der Waals surface area contributed by atoms with E-state index in [0.717, 1.165) is 39.4 Å². The number of rotatable bonds is 6. The van der Waals surface area contributed by atoms with Crippen molar-refractivity contribution < 1.29 is 18.0 Å². The lowest BCUT2D eigenvalue weighted by Crippen LogP contribution is -2.31. The smallest absolute Gasteiger partial charge is 0.360 e. The Morgan fingerprint density at radius 1 is 1.24 bits per heavy atom. The molecule has 0 fully saturated rings. The van der Waals surface area contributed by atoms with Crippen LogP contribution in [0.3, 0.4) is 0 Å². The first-order valence-electron chi connectivity index (χ1n) is 10.2. The third-order valence-corrected chi connectivity index (χ3v) is 6.22. The summed E-state index contributed by atoms with van der Waals surface area (Å²) in [6.07, 6.45) is -3.58. The Morgan fingerprint density at radius 3 is 2.70 bits per heavy atom. The summed E-state index contributed by atoms with van der Waals surface area (Å²) in [6, 6.07) is 10.5. The zero-order chi connectivity index (χ0) is 23.6. The van der Waals surface area contributed by atoms with Gasteiger partial charge in [-0.25, -0.2) is 4.98 Å². The fraction of sp³-hybridized carbons (Fsp3) is 0.250. The van der Waals surface area contributed by atoms with Gasteiger partial charge in [-0.15, -0.1) is 0 Å². The predicted molar refractivity (Wildman–Crippen MR) is 124 cm³/mol. The molecule has 2 aromatic carbocycles. The maximum absolute atomic E-state index is 12.7. The van der Waals surface area contributed by atoms with E-state index in [0.29, 0.717) is 30.2 Å². The number of hydrogen-bond acceptors (Lipinski definition) is 5. The van der Waals surface area contributed by atoms with Crippen LogP contribution in [-0.4, -0.2) is 23.5 Å². The highest BCUT2D eigenvalue weighted by Crippen LogP contribution is 2.36. The Labute approximate surface area is 193 Å². The Bertz CT molecular complexity index is 1240. The molecule has 1 aliphatic heterocycles. The van der Waals surface area contributed by atoms with Gasteiger partial charge in [-0.05, 0) is 60.2 Å². The Balaban J connectivity index is 1.44. The second-order valence-corrected chi connectivity index (χ2v) is 8.71. The molecule has 4 rings (SSSR count). The molecule has 0 saturated heterocycles. The molecule has 4 N–H and O–H groups in total. The second-order valence-electron chi connectivity index (χ2n) is 7.71. The minimum atomic E-state index is -4.35. The van der Waals surface area contributed by atoms with Crippen LogP contribution in [0.25, 0.3) is 10.4 Å². The van der Waals surface area contributed by atoms with E-state index in [-0.39, 0.29) is 11.9 Å². The van der Waals surface area contributed by atoms with E-state index >= 15 is 0 Å². The number of halogens is 3. The molecule has 0 bridgehead atoms. The number of amides is 1. The number of hydrogen-bond donors (Lipinski definition) is 3. The van der Waals surface area contributed by atoms with Gasteiger partial charge < -0.3 is 16.4 Å². The van der Waals surface area contributed by atoms with Gasteiger partial charge in [-0.3, -0.25) is 4.79 Å². The first-order chi connectivity index (χ1) is 15.7. The van der Waals surface area contributed by atoms with Crippen LogP contribution in [0.4, 0.5) is 24.0 Å². The molecule has 1 unspecified atom stereocenters. The predicted octanol–water partition coefficient (Wildman–Crippen LogP) is 4.68. The van der Waals surface area contributed by atoms with Crippen LogP contribution in [-0.2, 0) is 23.8 Å². The Morgan fingerprint density at radius 2 is 2.00 bits per heavy atom. The summed E-state index contributed by atoms with van der Waals surface area (Å²) in [4.78, 5) is 17.1. The molecule has 3 aromatic rings. The van der Waals surface area contributed by atoms with Crippen molar-refractivity contribution in [2.45, 2.75) is 32.0 Å². The number of anilines is 2. The highest BCUT2D eigenvalue weighted by Gasteiger charge is 2.30. The summed E-state index contributed by atoms with van der Waals surface area (Å²) < 4.78 is 38.2. The number of aromatic nitrogens is 1. The maximum Gasteiger partial charge on any atom is 0.416 e. The zero-order valence-corrected chi connectivity index (χ0v) is 18.5. The fourth-order valence-electron chi connectivity index (χ4n) is 3.59. The van der Waals surface area contributed by atoms with E-state index in [2.05, 4.69) is 27.5 Å². The van der Waals surface area contributed by atoms with E-state index in [1.54, 1.807) is 6.92 Å². The van der Waals surface area contributed by atoms with Gasteiger partial charge >= 0.3 is 6.18 Å². The summed E-state index contributed by atoms with van der Waals surface area (Å²) >= 11 is 1.44. The normalized spacial score (nSPS) is 13.7. The summed E-state index contributed by atoms with van der Waals surface area (Å²) in [6.45, 7) is 2.14. The second kappa shape index (κ2) is 9.25. The van der Waals surface area contributed by atoms with Crippen LogP contribution in [0.5, 0.6) is 0 Å². The van der Waals surface area contributed by atoms with Gasteiger partial charge in [0.1, 0.15) is 5.69 Å². The largest absolute Gasteiger partial charge is 0.416 e. The molecule has 1 aromatic heterocycles. The van der Waals surface area contributed by atoms with Crippen LogP contribution in [0, 0.1) is 11.8 Å². The molecule has 170 valence electrons. The minimum Gasteiger partial charge on any atom is -0.360 e. The van der Waals surface area contributed by atoms with Crippen molar-refractivity contribution in [3.8, 4) is 22.3 Å². The molecule has 1 atom stereocenters. The molecule has 0 saturated carbocycles. The van der Waals surface area contributed by atoms with Crippen molar-refractivity contribution >= 4 is 28.1 Å². The van der Waals surface area contributed by atoms with Crippen molar-refractivity contribution in [3.05, 3.63) is 64.8 Å². The van der Waals surface area contributed by atoms with Gasteiger partial charge in [0.05, 0.1) is 16.9 Å². The molecule has 0 aliphatic carbocycles. The number of nitrogens with two attached hydrogens (primary N) is 1. The van der Waals surface area contributed by atoms with Gasteiger partial charge in [0.2, 0.25) is 5.91 Å². The standard InChI is InChI=1S/C24H21F3N4OS/c1-2-3-20-22(15-6-9-19-16(11-15)12-21(32)30-19)33-23(31-20)29-13-18(28)10-14-4-7-17(8-5-14)24(25,26)27/h4-9,11,18H,10,12-13,28H2,1H3,(H,29,31)(H,30,32). The van der Waals surface area contributed by atoms with Gasteiger partial charge in [0.15, 0.2) is 5.13 Å². The van der Waals surface area contributed by atoms with E-state index in [9.17, 15) is 18.0 Å². The molecule has 2 heterocycles. The van der Waals surface area contributed by atoms with Crippen LogP contribution >= 0.6 is 11.3 Å². The van der Waals surface area contributed by atoms with Gasteiger partial charge in [-0.2, -0.15) is 13.2 Å². The molecular formula is C24H21F3N4OS. The third-order valence-electron chi connectivity index (χ3n) is 5.16. The van der Waals surface area contributed by atoms with Crippen molar-refractivity contribution in [3.63, 3.8) is 0 Å². The van der Waals surface area contributed by atoms with E-state index < -0.39 is 11.7 Å². The van der Waals surface area contributed by atoms with E-state index in [1.807, 2.05) is 18.2 Å². The molecule has 1 aliphatic rings. The highest BCUT2D eigenvalue weighted by molar-refractivity contribution is 7.19. The quantitative estimate of drug-likeness (QED) is 0.457. The van der Waals surface area contributed by atoms with Gasteiger partial charge in [0.25, 0.3) is 0 Å². The number of carbonyl (C=O) groups excluding carboxylic acids is 1. The molecule has 0 radical (unpaired) electrons. The fourth-order valence-corrected chi connectivity index (χ4v) is 4.51. The average molecular weight is 471 g/mol. The summed E-state index contributed by atoms with van der Waals surface area (Å²) in [7, 11) is 0. The van der Waals surface area contributed by atoms with E-state index in [4.69, 9.17) is 5.73 Å². The molecule has 1 amide bonds. The van der Waals surface area contributed by atoms with Gasteiger partial charge in [0, 0.05) is 18.3 Å². The first kappa shape index (κ1) is 22.8. The average Bonchev–Trinajstić information content (AvgIpc) is 3.34. The number of thiazole rings is 1. The lowest BCUT2D eigenvalue weighted by atomic mass is 10.0. The number of alkyl halides is 3. The lowest BCUT2D eigenvalue weighted by Gasteiger charge is -2.13. The Hall–Kier alpha value is -3.35. The van der Waals surface area contributed by atoms with Crippen LogP contribution < -0.4 is 16.4 Å². The van der Waals surface area contributed by atoms with Crippen molar-refractivity contribution in [2.75, 3.05) is 17.2 Å². The summed E-state index contributed by atoms with van der Waals surface area (Å²) in [5.41, 5.74) is 9.58. The van der Waals surface area contributed by atoms with E-state index in [1.165, 1.54) is 23.5 Å². The van der Waals surface area contributed by atoms with Crippen molar-refractivity contribution in [1.29, 1.82) is 0 Å². The number of carbonyl (C=O) groups is 1. The molecule has 5 nitrogen and oxygen atoms in total. The molecular weight excluding hydrogens is 449 g/mol. The van der Waals surface area contributed by atoms with Crippen molar-refractivity contribution in [2.24, 2.45) is 5.73 Å². The highest BCUT2D eigenvalue weighted by atomic mass is 32.1. The van der Waals surface area contributed by atoms with Gasteiger partial charge in [-0.1, -0.05) is 35.5 Å². The Kier molecular flexibility index (Phi) is 6.40. The monoisotopic (exact) mass is 470 g/mol. The first-order valence-corrected chi connectivity index (χ1v) is 11.1. The molecule has 33 heavy (non-hydrogen) atoms.